The van der Waals surface area contributed by atoms with E-state index >= 15 is 0 Å². The highest BCUT2D eigenvalue weighted by Crippen LogP contribution is 2.38. The van der Waals surface area contributed by atoms with Gasteiger partial charge in [0.1, 0.15) is 6.04 Å². The van der Waals surface area contributed by atoms with Crippen LogP contribution in [0, 0.1) is 6.92 Å². The molecular formula is C27H24F3N5O3. The lowest BCUT2D eigenvalue weighted by atomic mass is 10.0. The quantitative estimate of drug-likeness (QED) is 0.301. The van der Waals surface area contributed by atoms with Crippen LogP contribution in [0.25, 0.3) is 22.4 Å². The molecule has 5 N–H and O–H groups in total. The first kappa shape index (κ1) is 26.6. The first-order chi connectivity index (χ1) is 18.0. The summed E-state index contributed by atoms with van der Waals surface area (Å²) in [5.74, 6) is -1.74. The number of rotatable bonds is 8. The van der Waals surface area contributed by atoms with Gasteiger partial charge < -0.3 is 21.3 Å². The van der Waals surface area contributed by atoms with Crippen LogP contribution in [0.1, 0.15) is 22.9 Å². The van der Waals surface area contributed by atoms with Crippen molar-refractivity contribution in [1.29, 1.82) is 0 Å². The summed E-state index contributed by atoms with van der Waals surface area (Å²) in [4.78, 5) is 23.0. The molecule has 2 heterocycles. The number of carboxylic acids is 1. The molecular weight excluding hydrogens is 499 g/mol. The Morgan fingerprint density at radius 3 is 2.24 bits per heavy atom. The van der Waals surface area contributed by atoms with Gasteiger partial charge in [-0.2, -0.15) is 18.2 Å². The second-order valence-corrected chi connectivity index (χ2v) is 8.64. The van der Waals surface area contributed by atoms with Crippen molar-refractivity contribution in [3.8, 4) is 28.3 Å². The second-order valence-electron chi connectivity index (χ2n) is 8.64. The predicted molar refractivity (Wildman–Crippen MR) is 135 cm³/mol. The fraction of sp³-hybridized carbons (Fsp3) is 0.185. The number of aromatic nitrogens is 3. The Labute approximate surface area is 216 Å². The zero-order valence-electron chi connectivity index (χ0n) is 20.2. The van der Waals surface area contributed by atoms with Crippen LogP contribution in [0.2, 0.25) is 0 Å². The number of nitrogen functional groups attached to an aromatic ring is 1. The van der Waals surface area contributed by atoms with Crippen LogP contribution in [-0.2, 0) is 11.2 Å². The lowest BCUT2D eigenvalue weighted by molar-refractivity contribution is -0.198. The van der Waals surface area contributed by atoms with E-state index in [4.69, 9.17) is 21.3 Å². The van der Waals surface area contributed by atoms with Gasteiger partial charge in [0.2, 0.25) is 17.9 Å². The van der Waals surface area contributed by atoms with Crippen LogP contribution in [0.4, 0.5) is 19.1 Å². The number of alkyl halides is 3. The molecule has 0 aliphatic rings. The van der Waals surface area contributed by atoms with E-state index in [0.29, 0.717) is 11.1 Å². The van der Waals surface area contributed by atoms with Crippen LogP contribution in [0.15, 0.2) is 72.9 Å². The van der Waals surface area contributed by atoms with Crippen molar-refractivity contribution >= 4 is 11.9 Å². The minimum Gasteiger partial charge on any atom is -0.480 e. The van der Waals surface area contributed by atoms with Gasteiger partial charge in [-0.25, -0.2) is 4.98 Å². The highest BCUT2D eigenvalue weighted by Gasteiger charge is 2.43. The number of nitrogens with two attached hydrogens (primary N) is 2. The van der Waals surface area contributed by atoms with E-state index in [2.05, 4.69) is 15.0 Å². The van der Waals surface area contributed by atoms with Gasteiger partial charge >= 0.3 is 12.1 Å². The zero-order chi connectivity index (χ0) is 27.4. The molecule has 2 aromatic heterocycles. The molecule has 0 unspecified atom stereocenters. The fourth-order valence-corrected chi connectivity index (χ4v) is 3.82. The van der Waals surface area contributed by atoms with Crippen molar-refractivity contribution < 1.29 is 27.8 Å². The maximum Gasteiger partial charge on any atom is 0.429 e. The Bertz CT molecular complexity index is 1430. The Balaban J connectivity index is 1.58. The number of aryl methyl sites for hydroxylation is 1. The minimum atomic E-state index is -4.74. The molecule has 0 radical (unpaired) electrons. The predicted octanol–water partition coefficient (Wildman–Crippen LogP) is 4.73. The van der Waals surface area contributed by atoms with E-state index < -0.39 is 24.3 Å². The Hall–Kier alpha value is -4.51. The summed E-state index contributed by atoms with van der Waals surface area (Å²) < 4.78 is 47.4. The van der Waals surface area contributed by atoms with Gasteiger partial charge in [-0.15, -0.1) is 0 Å². The van der Waals surface area contributed by atoms with Gasteiger partial charge in [0.25, 0.3) is 0 Å². The molecule has 0 aliphatic carbocycles. The van der Waals surface area contributed by atoms with Crippen molar-refractivity contribution in [2.24, 2.45) is 5.73 Å². The first-order valence-electron chi connectivity index (χ1n) is 11.5. The number of nitrogens with zero attached hydrogens (tertiary/aromatic N) is 3. The van der Waals surface area contributed by atoms with E-state index in [9.17, 15) is 18.0 Å². The third-order valence-electron chi connectivity index (χ3n) is 5.72. The van der Waals surface area contributed by atoms with Crippen molar-refractivity contribution in [3.63, 3.8) is 0 Å². The molecule has 0 saturated carbocycles. The van der Waals surface area contributed by atoms with Gasteiger partial charge in [-0.3, -0.25) is 9.78 Å². The number of pyridine rings is 1. The molecule has 0 spiro atoms. The smallest absolute Gasteiger partial charge is 0.429 e. The van der Waals surface area contributed by atoms with Gasteiger partial charge in [0.15, 0.2) is 0 Å². The molecule has 0 aliphatic heterocycles. The molecule has 196 valence electrons. The standard InChI is InChI=1S/C27H24F3N5O3/c1-15-12-20(10-11-33-15)17-6-8-19(9-7-17)24(27(28,29)30)38-23-14-22(34-26(32)35-23)18-4-2-16(3-5-18)13-21(31)25(36)37/h2-12,14,21,24H,13,31H2,1H3,(H,36,37)(H2,32,34,35)/t21-,24+/m0/s1. The van der Waals surface area contributed by atoms with Crippen molar-refractivity contribution in [2.45, 2.75) is 31.7 Å². The van der Waals surface area contributed by atoms with Crippen LogP contribution in [-0.4, -0.2) is 38.2 Å². The molecule has 0 bridgehead atoms. The summed E-state index contributed by atoms with van der Waals surface area (Å²) in [6.07, 6.45) is -5.28. The zero-order valence-corrected chi connectivity index (χ0v) is 20.2. The lowest BCUT2D eigenvalue weighted by Gasteiger charge is -2.22. The molecule has 0 amide bonds. The normalized spacial score (nSPS) is 13.1. The summed E-state index contributed by atoms with van der Waals surface area (Å²) in [7, 11) is 0. The van der Waals surface area contributed by atoms with Crippen LogP contribution < -0.4 is 16.2 Å². The first-order valence-corrected chi connectivity index (χ1v) is 11.5. The number of ether oxygens (including phenoxy) is 1. The number of benzene rings is 2. The maximum atomic E-state index is 14.0. The van der Waals surface area contributed by atoms with Gasteiger partial charge in [-0.1, -0.05) is 48.5 Å². The summed E-state index contributed by atoms with van der Waals surface area (Å²) in [5.41, 5.74) is 15.0. The van der Waals surface area contributed by atoms with Crippen LogP contribution in [0.3, 0.4) is 0 Å². The van der Waals surface area contributed by atoms with Crippen LogP contribution in [0.5, 0.6) is 5.88 Å². The molecule has 8 nitrogen and oxygen atoms in total. The number of aliphatic carboxylic acids is 1. The van der Waals surface area contributed by atoms with E-state index in [1.54, 1.807) is 48.7 Å². The topological polar surface area (TPSA) is 137 Å². The summed E-state index contributed by atoms with van der Waals surface area (Å²) in [6.45, 7) is 1.83. The number of halogens is 3. The Morgan fingerprint density at radius 2 is 1.63 bits per heavy atom. The highest BCUT2D eigenvalue weighted by atomic mass is 19.4. The van der Waals surface area contributed by atoms with E-state index in [0.717, 1.165) is 16.8 Å². The summed E-state index contributed by atoms with van der Waals surface area (Å²) >= 11 is 0. The van der Waals surface area contributed by atoms with Crippen molar-refractivity contribution in [3.05, 3.63) is 89.7 Å². The van der Waals surface area contributed by atoms with Crippen molar-refractivity contribution in [1.82, 2.24) is 15.0 Å². The molecule has 11 heteroatoms. The van der Waals surface area contributed by atoms with E-state index in [-0.39, 0.29) is 29.5 Å². The van der Waals surface area contributed by atoms with E-state index in [1.165, 1.54) is 18.2 Å². The van der Waals surface area contributed by atoms with E-state index in [1.807, 2.05) is 13.0 Å². The number of anilines is 1. The van der Waals surface area contributed by atoms with Crippen molar-refractivity contribution in [2.75, 3.05) is 5.73 Å². The number of carboxylic acid groups (broad SMARTS) is 1. The van der Waals surface area contributed by atoms with Gasteiger partial charge in [-0.05, 0) is 42.2 Å². The fourth-order valence-electron chi connectivity index (χ4n) is 3.82. The largest absolute Gasteiger partial charge is 0.480 e. The summed E-state index contributed by atoms with van der Waals surface area (Å²) in [5, 5.41) is 8.97. The lowest BCUT2D eigenvalue weighted by Crippen LogP contribution is -2.32. The monoisotopic (exact) mass is 523 g/mol. The SMILES string of the molecule is Cc1cc(-c2ccc([C@@H](Oc3cc(-c4ccc(C[C@H](N)C(=O)O)cc4)nc(N)n3)C(F)(F)F)cc2)ccn1. The third-order valence-corrected chi connectivity index (χ3v) is 5.72. The molecule has 2 atom stereocenters. The molecule has 2 aromatic carbocycles. The van der Waals surface area contributed by atoms with Crippen LogP contribution >= 0.6 is 0 Å². The average Bonchev–Trinajstić information content (AvgIpc) is 2.87. The number of carbonyl (C=O) groups is 1. The highest BCUT2D eigenvalue weighted by molar-refractivity contribution is 5.73. The summed E-state index contributed by atoms with van der Waals surface area (Å²) in [6, 6.07) is 16.3. The third kappa shape index (κ3) is 6.43. The molecule has 0 fully saturated rings. The maximum absolute atomic E-state index is 14.0. The number of hydrogen-bond acceptors (Lipinski definition) is 7. The molecule has 38 heavy (non-hydrogen) atoms. The minimum absolute atomic E-state index is 0.107. The van der Waals surface area contributed by atoms with Gasteiger partial charge in [0, 0.05) is 29.1 Å². The number of hydrogen-bond donors (Lipinski definition) is 3. The Kier molecular flexibility index (Phi) is 7.58. The molecule has 0 saturated heterocycles. The molecule has 4 rings (SSSR count). The average molecular weight is 524 g/mol. The van der Waals surface area contributed by atoms with Gasteiger partial charge in [0.05, 0.1) is 5.69 Å². The molecule has 4 aromatic rings. The Morgan fingerprint density at radius 1 is 0.974 bits per heavy atom. The second kappa shape index (κ2) is 10.9.